The summed E-state index contributed by atoms with van der Waals surface area (Å²) in [5.41, 5.74) is 4.56. The number of carboxylic acid groups (broad SMARTS) is 1. The number of nitrogens with zero attached hydrogens (tertiary/aromatic N) is 1. The molecule has 0 bridgehead atoms. The van der Waals surface area contributed by atoms with Gasteiger partial charge in [-0.15, -0.1) is 0 Å². The lowest BCUT2D eigenvalue weighted by atomic mass is 9.88. The molecule has 0 aliphatic rings. The molecule has 4 heteroatoms. The first-order valence-electron chi connectivity index (χ1n) is 9.98. The van der Waals surface area contributed by atoms with E-state index in [1.54, 1.807) is 0 Å². The molecule has 3 aromatic rings. The lowest BCUT2D eigenvalue weighted by Crippen LogP contribution is -2.19. The monoisotopic (exact) mass is 401 g/mol. The molecular weight excluding hydrogens is 374 g/mol. The minimum Gasteiger partial charge on any atom is -0.492 e. The largest absolute Gasteiger partial charge is 0.492 e. The topological polar surface area (TPSA) is 49.8 Å². The minimum atomic E-state index is -0.856. The van der Waals surface area contributed by atoms with Crippen LogP contribution in [-0.2, 0) is 4.79 Å². The van der Waals surface area contributed by atoms with E-state index in [0.29, 0.717) is 6.61 Å². The van der Waals surface area contributed by atoms with E-state index in [-0.39, 0.29) is 6.42 Å². The van der Waals surface area contributed by atoms with Crippen LogP contribution in [0.15, 0.2) is 84.9 Å². The van der Waals surface area contributed by atoms with Crippen LogP contribution in [0.25, 0.3) is 11.1 Å². The Kier molecular flexibility index (Phi) is 7.41. The first kappa shape index (κ1) is 21.3. The summed E-state index contributed by atoms with van der Waals surface area (Å²) in [6.07, 6.45) is -0.0602. The highest BCUT2D eigenvalue weighted by Crippen LogP contribution is 2.35. The van der Waals surface area contributed by atoms with Crippen LogP contribution in [0.4, 0.5) is 0 Å². The van der Waals surface area contributed by atoms with Gasteiger partial charge >= 0.3 is 5.97 Å². The van der Waals surface area contributed by atoms with Crippen molar-refractivity contribution in [3.05, 3.63) is 102 Å². The number of benzene rings is 3. The molecule has 0 amide bonds. The molecule has 4 nitrogen and oxygen atoms in total. The summed E-state index contributed by atoms with van der Waals surface area (Å²) in [5.74, 6) is -0.0570. The number of aliphatic carboxylic acids is 1. The Morgan fingerprint density at radius 3 is 1.87 bits per heavy atom. The van der Waals surface area contributed by atoms with E-state index in [2.05, 4.69) is 4.90 Å². The highest BCUT2D eigenvalue weighted by atomic mass is 16.5. The lowest BCUT2D eigenvalue weighted by molar-refractivity contribution is -0.135. The third-order valence-electron chi connectivity index (χ3n) is 4.76. The second-order valence-corrected chi connectivity index (χ2v) is 7.33. The van der Waals surface area contributed by atoms with E-state index in [4.69, 9.17) is 4.74 Å². The summed E-state index contributed by atoms with van der Waals surface area (Å²) in [4.78, 5) is 13.8. The molecular formula is C26H27NO3. The Hall–Kier alpha value is -3.37. The third-order valence-corrected chi connectivity index (χ3v) is 4.76. The molecule has 3 rings (SSSR count). The maximum absolute atomic E-state index is 11.7. The van der Waals surface area contributed by atoms with Crippen LogP contribution in [0.1, 0.15) is 23.1 Å². The second kappa shape index (κ2) is 10.4. The van der Waals surface area contributed by atoms with Crippen molar-refractivity contribution in [1.82, 2.24) is 4.90 Å². The highest BCUT2D eigenvalue weighted by Gasteiger charge is 2.16. The fraction of sp³-hybridized carbons (Fsp3) is 0.192. The van der Waals surface area contributed by atoms with Crippen molar-refractivity contribution in [3.63, 3.8) is 0 Å². The van der Waals surface area contributed by atoms with Crippen molar-refractivity contribution in [1.29, 1.82) is 0 Å². The Morgan fingerprint density at radius 1 is 0.800 bits per heavy atom. The Labute approximate surface area is 178 Å². The number of hydrogen-bond acceptors (Lipinski definition) is 3. The molecule has 30 heavy (non-hydrogen) atoms. The minimum absolute atomic E-state index is 0.0602. The van der Waals surface area contributed by atoms with Gasteiger partial charge in [0.25, 0.3) is 0 Å². The van der Waals surface area contributed by atoms with E-state index >= 15 is 0 Å². The van der Waals surface area contributed by atoms with E-state index in [0.717, 1.165) is 40.1 Å². The Morgan fingerprint density at radius 2 is 1.33 bits per heavy atom. The Bertz CT molecular complexity index is 978. The maximum atomic E-state index is 11.7. The van der Waals surface area contributed by atoms with Crippen molar-refractivity contribution in [2.75, 3.05) is 27.2 Å². The van der Waals surface area contributed by atoms with Gasteiger partial charge in [-0.2, -0.15) is 0 Å². The summed E-state index contributed by atoms with van der Waals surface area (Å²) in [5, 5.41) is 9.62. The van der Waals surface area contributed by atoms with Gasteiger partial charge in [-0.1, -0.05) is 72.8 Å². The fourth-order valence-corrected chi connectivity index (χ4v) is 3.31. The SMILES string of the molecule is CN(C)CCOc1ccc(/C(=C(/CC(=O)O)c2ccccc2)c2ccccc2)cc1. The molecule has 0 heterocycles. The molecule has 0 aliphatic heterocycles. The summed E-state index contributed by atoms with van der Waals surface area (Å²) in [7, 11) is 4.02. The summed E-state index contributed by atoms with van der Waals surface area (Å²) in [6, 6.07) is 27.5. The van der Waals surface area contributed by atoms with Crippen LogP contribution in [0.5, 0.6) is 5.75 Å². The molecule has 3 aromatic carbocycles. The zero-order valence-electron chi connectivity index (χ0n) is 17.4. The average Bonchev–Trinajstić information content (AvgIpc) is 2.75. The molecule has 0 saturated carbocycles. The summed E-state index contributed by atoms with van der Waals surface area (Å²) < 4.78 is 5.82. The second-order valence-electron chi connectivity index (χ2n) is 7.33. The molecule has 0 radical (unpaired) electrons. The summed E-state index contributed by atoms with van der Waals surface area (Å²) in [6.45, 7) is 1.45. The van der Waals surface area contributed by atoms with E-state index in [1.807, 2.05) is 99.0 Å². The number of rotatable bonds is 9. The molecule has 154 valence electrons. The third kappa shape index (κ3) is 5.82. The quantitative estimate of drug-likeness (QED) is 0.509. The van der Waals surface area contributed by atoms with Gasteiger partial charge in [-0.05, 0) is 54.1 Å². The normalized spacial score (nSPS) is 11.8. The first-order chi connectivity index (χ1) is 14.5. The van der Waals surface area contributed by atoms with Crippen LogP contribution in [0, 0.1) is 0 Å². The molecule has 0 unspecified atom stereocenters. The average molecular weight is 402 g/mol. The van der Waals surface area contributed by atoms with Crippen molar-refractivity contribution >= 4 is 17.1 Å². The number of carbonyl (C=O) groups is 1. The van der Waals surface area contributed by atoms with Gasteiger partial charge in [-0.25, -0.2) is 0 Å². The fourth-order valence-electron chi connectivity index (χ4n) is 3.31. The van der Waals surface area contributed by atoms with Crippen LogP contribution in [0.3, 0.4) is 0 Å². The molecule has 0 fully saturated rings. The van der Waals surface area contributed by atoms with Crippen molar-refractivity contribution in [2.24, 2.45) is 0 Å². The summed E-state index contributed by atoms with van der Waals surface area (Å²) >= 11 is 0. The zero-order chi connectivity index (χ0) is 21.3. The van der Waals surface area contributed by atoms with Crippen LogP contribution < -0.4 is 4.74 Å². The van der Waals surface area contributed by atoms with Crippen LogP contribution in [0.2, 0.25) is 0 Å². The zero-order valence-corrected chi connectivity index (χ0v) is 17.4. The van der Waals surface area contributed by atoms with Gasteiger partial charge in [0.2, 0.25) is 0 Å². The molecule has 0 atom stereocenters. The van der Waals surface area contributed by atoms with Gasteiger partial charge in [0.05, 0.1) is 6.42 Å². The molecule has 0 saturated heterocycles. The smallest absolute Gasteiger partial charge is 0.307 e. The van der Waals surface area contributed by atoms with Gasteiger partial charge < -0.3 is 14.7 Å². The number of carboxylic acids is 1. The predicted octanol–water partition coefficient (Wildman–Crippen LogP) is 5.06. The van der Waals surface area contributed by atoms with E-state index < -0.39 is 5.97 Å². The van der Waals surface area contributed by atoms with Crippen molar-refractivity contribution < 1.29 is 14.6 Å². The lowest BCUT2D eigenvalue weighted by Gasteiger charge is -2.17. The number of ether oxygens (including phenoxy) is 1. The van der Waals surface area contributed by atoms with Gasteiger partial charge in [0.15, 0.2) is 0 Å². The predicted molar refractivity (Wildman–Crippen MR) is 122 cm³/mol. The van der Waals surface area contributed by atoms with Gasteiger partial charge in [0.1, 0.15) is 12.4 Å². The molecule has 1 N–H and O–H groups in total. The molecule has 0 aliphatic carbocycles. The van der Waals surface area contributed by atoms with E-state index in [1.165, 1.54) is 0 Å². The number of likely N-dealkylation sites (N-methyl/N-ethyl adjacent to an activating group) is 1. The van der Waals surface area contributed by atoms with Crippen molar-refractivity contribution in [2.45, 2.75) is 6.42 Å². The van der Waals surface area contributed by atoms with Gasteiger partial charge in [0, 0.05) is 6.54 Å². The van der Waals surface area contributed by atoms with Crippen LogP contribution in [-0.4, -0.2) is 43.2 Å². The van der Waals surface area contributed by atoms with Crippen molar-refractivity contribution in [3.8, 4) is 5.75 Å². The van der Waals surface area contributed by atoms with E-state index in [9.17, 15) is 9.90 Å². The van der Waals surface area contributed by atoms with Crippen LogP contribution >= 0.6 is 0 Å². The first-order valence-corrected chi connectivity index (χ1v) is 9.98. The Balaban J connectivity index is 2.06. The maximum Gasteiger partial charge on any atom is 0.307 e. The molecule has 0 aromatic heterocycles. The number of hydrogen-bond donors (Lipinski definition) is 1. The van der Waals surface area contributed by atoms with Gasteiger partial charge in [-0.3, -0.25) is 4.79 Å². The molecule has 0 spiro atoms. The standard InChI is InChI=1S/C26H27NO3/c1-27(2)17-18-30-23-15-13-22(14-16-23)26(21-11-7-4-8-12-21)24(19-25(28)29)20-9-5-3-6-10-20/h3-16H,17-19H2,1-2H3,(H,28,29)/b26-24-. The highest BCUT2D eigenvalue weighted by molar-refractivity contribution is 6.03.